The summed E-state index contributed by atoms with van der Waals surface area (Å²) in [5, 5.41) is 2.49. The van der Waals surface area contributed by atoms with Crippen LogP contribution >= 0.6 is 0 Å². The van der Waals surface area contributed by atoms with Crippen molar-refractivity contribution in [2.75, 3.05) is 0 Å². The van der Waals surface area contributed by atoms with Crippen molar-refractivity contribution in [1.29, 1.82) is 0 Å². The van der Waals surface area contributed by atoms with Crippen molar-refractivity contribution in [3.05, 3.63) is 163 Å². The summed E-state index contributed by atoms with van der Waals surface area (Å²) in [6, 6.07) is 50.3. The maximum absolute atomic E-state index is 6.34. The summed E-state index contributed by atoms with van der Waals surface area (Å²) in [7, 11) is -1.34. The minimum absolute atomic E-state index is 0. The average Bonchev–Trinajstić information content (AvgIpc) is 3.76. The van der Waals surface area contributed by atoms with Crippen molar-refractivity contribution in [2.45, 2.75) is 46.8 Å². The number of fused-ring (bicyclic) bond motifs is 4. The van der Waals surface area contributed by atoms with Gasteiger partial charge in [-0.1, -0.05) is 106 Å². The number of aryl methyl sites for hydroxylation is 1. The van der Waals surface area contributed by atoms with Crippen molar-refractivity contribution in [3.8, 4) is 39.5 Å². The molecular weight excluding hydrogens is 881 g/mol. The van der Waals surface area contributed by atoms with Crippen LogP contribution in [0.15, 0.2) is 144 Å². The van der Waals surface area contributed by atoms with Gasteiger partial charge in [0.1, 0.15) is 5.58 Å². The minimum Gasteiger partial charge on any atom is -0.513 e. The van der Waals surface area contributed by atoms with Crippen LogP contribution in [-0.2, 0) is 26.5 Å². The Kier molecular flexibility index (Phi) is 11.3. The molecule has 0 N–H and O–H groups in total. The number of furan rings is 1. The van der Waals surface area contributed by atoms with E-state index in [9.17, 15) is 0 Å². The second kappa shape index (κ2) is 16.3. The number of pyridine rings is 2. The summed E-state index contributed by atoms with van der Waals surface area (Å²) in [6.07, 6.45) is 4.96. The molecule has 0 saturated carbocycles. The first-order chi connectivity index (χ1) is 26.6. The van der Waals surface area contributed by atoms with E-state index in [0.717, 1.165) is 67.8 Å². The fourth-order valence-electron chi connectivity index (χ4n) is 7.25. The molecule has 0 aliphatic heterocycles. The van der Waals surface area contributed by atoms with E-state index in [1.54, 1.807) is 6.20 Å². The summed E-state index contributed by atoms with van der Waals surface area (Å²) >= 11 is 0. The van der Waals surface area contributed by atoms with Gasteiger partial charge in [-0.2, -0.15) is 0 Å². The molecule has 0 bridgehead atoms. The number of aromatic nitrogens is 4. The van der Waals surface area contributed by atoms with Crippen LogP contribution in [0.3, 0.4) is 0 Å². The second-order valence-electron chi connectivity index (χ2n) is 15.6. The molecule has 0 aliphatic carbocycles. The monoisotopic (exact) mass is 925 g/mol. The van der Waals surface area contributed by atoms with Crippen LogP contribution in [0.5, 0.6) is 0 Å². The molecule has 9 rings (SSSR count). The molecule has 7 heteroatoms. The normalized spacial score (nSPS) is 11.5. The Morgan fingerprint density at radius 1 is 0.768 bits per heavy atom. The molecule has 281 valence electrons. The largest absolute Gasteiger partial charge is 0.513 e. The van der Waals surface area contributed by atoms with E-state index >= 15 is 0 Å². The van der Waals surface area contributed by atoms with Crippen LogP contribution in [0.25, 0.3) is 72.6 Å². The van der Waals surface area contributed by atoms with E-state index in [-0.39, 0.29) is 20.1 Å². The van der Waals surface area contributed by atoms with Gasteiger partial charge in [-0.15, -0.1) is 47.5 Å². The Balaban J connectivity index is 0.000000197. The maximum atomic E-state index is 6.34. The number of nitrogens with zero attached hydrogens (tertiary/aromatic N) is 4. The standard InChI is InChI=1S/C31H20N3O.C18H24NSi.Ir/c1-20-11-16-24-28(19-20)35-30-25(17-18-32-29(24)30)31-33-26-9-5-6-10-27(26)34(31)23-14-12-22(13-15-23)21-7-3-2-4-8-21;1-14(2)11-16-12-17(15-9-7-6-8-10-15)19-13-18(16)20(3,4)5;/h2-16,18-19H,1H3;6-9,12-14H,11H2,1-5H3;/q2*-1;. The van der Waals surface area contributed by atoms with Crippen LogP contribution in [0.4, 0.5) is 0 Å². The van der Waals surface area contributed by atoms with E-state index in [4.69, 9.17) is 9.40 Å². The molecule has 4 aromatic heterocycles. The summed E-state index contributed by atoms with van der Waals surface area (Å²) in [5.74, 6) is 1.45. The zero-order valence-corrected chi connectivity index (χ0v) is 36.0. The van der Waals surface area contributed by atoms with Crippen LogP contribution in [-0.4, -0.2) is 27.6 Å². The number of benzene rings is 5. The summed E-state index contributed by atoms with van der Waals surface area (Å²) in [6.45, 7) is 13.8. The van der Waals surface area contributed by atoms with Crippen molar-refractivity contribution in [1.82, 2.24) is 19.5 Å². The molecule has 9 aromatic rings. The van der Waals surface area contributed by atoms with Crippen LogP contribution in [0, 0.1) is 25.0 Å². The van der Waals surface area contributed by atoms with Gasteiger partial charge in [0, 0.05) is 43.2 Å². The molecule has 0 spiro atoms. The van der Waals surface area contributed by atoms with E-state index in [2.05, 4.69) is 152 Å². The Labute approximate surface area is 343 Å². The third-order valence-electron chi connectivity index (χ3n) is 9.88. The second-order valence-corrected chi connectivity index (χ2v) is 20.6. The fraction of sp³-hybridized carbons (Fsp3) is 0.163. The van der Waals surface area contributed by atoms with Gasteiger partial charge in [-0.25, -0.2) is 0 Å². The molecule has 0 amide bonds. The van der Waals surface area contributed by atoms with Gasteiger partial charge >= 0.3 is 0 Å². The van der Waals surface area contributed by atoms with Crippen LogP contribution in [0.1, 0.15) is 25.0 Å². The number of imidazole rings is 1. The summed E-state index contributed by atoms with van der Waals surface area (Å²) in [4.78, 5) is 14.3. The van der Waals surface area contributed by atoms with Crippen LogP contribution < -0.4 is 5.19 Å². The van der Waals surface area contributed by atoms with E-state index in [1.165, 1.54) is 21.9 Å². The minimum atomic E-state index is -1.34. The quantitative estimate of drug-likeness (QED) is 0.118. The van der Waals surface area contributed by atoms with Gasteiger partial charge in [0.25, 0.3) is 0 Å². The first kappa shape index (κ1) is 38.8. The van der Waals surface area contributed by atoms with Gasteiger partial charge in [-0.3, -0.25) is 9.97 Å². The predicted octanol–water partition coefficient (Wildman–Crippen LogP) is 12.1. The van der Waals surface area contributed by atoms with Gasteiger partial charge < -0.3 is 14.0 Å². The molecule has 56 heavy (non-hydrogen) atoms. The molecule has 0 unspecified atom stereocenters. The zero-order valence-electron chi connectivity index (χ0n) is 32.6. The van der Waals surface area contributed by atoms with Crippen molar-refractivity contribution >= 4 is 46.4 Å². The predicted molar refractivity (Wildman–Crippen MR) is 231 cm³/mol. The Morgan fingerprint density at radius 3 is 2.23 bits per heavy atom. The molecular formula is C49H44IrN4OSi-2. The topological polar surface area (TPSA) is 56.7 Å². The molecule has 5 aromatic carbocycles. The number of rotatable bonds is 7. The van der Waals surface area contributed by atoms with Gasteiger partial charge in [0.05, 0.1) is 30.2 Å². The van der Waals surface area contributed by atoms with Gasteiger partial charge in [0.2, 0.25) is 0 Å². The molecule has 4 heterocycles. The first-order valence-electron chi connectivity index (χ1n) is 18.9. The molecule has 0 aliphatic rings. The fourth-order valence-corrected chi connectivity index (χ4v) is 8.84. The maximum Gasteiger partial charge on any atom is 0.119 e. The van der Waals surface area contributed by atoms with Gasteiger partial charge in [-0.05, 0) is 89.4 Å². The average molecular weight is 925 g/mol. The molecule has 0 fully saturated rings. The van der Waals surface area contributed by atoms with Crippen LogP contribution in [0.2, 0.25) is 19.6 Å². The molecule has 0 saturated heterocycles. The summed E-state index contributed by atoms with van der Waals surface area (Å²) < 4.78 is 8.51. The third kappa shape index (κ3) is 7.94. The van der Waals surface area contributed by atoms with Crippen molar-refractivity contribution in [2.24, 2.45) is 5.92 Å². The van der Waals surface area contributed by atoms with Gasteiger partial charge in [0.15, 0.2) is 0 Å². The Bertz CT molecular complexity index is 2750. The molecule has 0 atom stereocenters. The Hall–Kier alpha value is -5.46. The number of para-hydroxylation sites is 2. The van der Waals surface area contributed by atoms with E-state index < -0.39 is 8.07 Å². The first-order valence-corrected chi connectivity index (χ1v) is 22.4. The SMILES string of the molecule is CC(C)Cc1cc(-c2[c-]cccc2)ncc1[Si](C)(C)C.Cc1ccc2c(c1)oc1c(-c3nc4ccccc4n3-c3ccc(-c4ccccc4)cc3)[c-]cnc12.[Ir]. The smallest absolute Gasteiger partial charge is 0.119 e. The van der Waals surface area contributed by atoms with E-state index in [1.807, 2.05) is 48.5 Å². The molecule has 1 radical (unpaired) electrons. The zero-order chi connectivity index (χ0) is 38.1. The van der Waals surface area contributed by atoms with E-state index in [0.29, 0.717) is 11.5 Å². The third-order valence-corrected chi connectivity index (χ3v) is 11.9. The van der Waals surface area contributed by atoms with Crippen molar-refractivity contribution < 1.29 is 24.5 Å². The summed E-state index contributed by atoms with van der Waals surface area (Å²) in [5.41, 5.74) is 13.2. The molecule has 5 nitrogen and oxygen atoms in total. The Morgan fingerprint density at radius 2 is 1.50 bits per heavy atom. The number of hydrogen-bond acceptors (Lipinski definition) is 4. The number of hydrogen-bond donors (Lipinski definition) is 0. The van der Waals surface area contributed by atoms with Crippen molar-refractivity contribution in [3.63, 3.8) is 0 Å².